The van der Waals surface area contributed by atoms with E-state index in [-0.39, 0.29) is 12.0 Å². The van der Waals surface area contributed by atoms with Crippen LogP contribution in [0.3, 0.4) is 0 Å². The van der Waals surface area contributed by atoms with Crippen molar-refractivity contribution in [2.75, 3.05) is 19.8 Å². The summed E-state index contributed by atoms with van der Waals surface area (Å²) in [6.45, 7) is 5.42. The fourth-order valence-corrected chi connectivity index (χ4v) is 3.62. The van der Waals surface area contributed by atoms with Gasteiger partial charge in [-0.3, -0.25) is 0 Å². The van der Waals surface area contributed by atoms with Crippen molar-refractivity contribution < 1.29 is 14.6 Å². The van der Waals surface area contributed by atoms with Crippen molar-refractivity contribution in [3.8, 4) is 11.5 Å². The molecule has 1 aromatic rings. The zero-order valence-corrected chi connectivity index (χ0v) is 11.8. The third-order valence-corrected chi connectivity index (χ3v) is 4.93. The molecule has 0 saturated heterocycles. The molecule has 1 N–H and O–H groups in total. The van der Waals surface area contributed by atoms with Crippen LogP contribution in [0.25, 0.3) is 0 Å². The van der Waals surface area contributed by atoms with Crippen LogP contribution in [0, 0.1) is 25.2 Å². The van der Waals surface area contributed by atoms with E-state index >= 15 is 0 Å². The highest BCUT2D eigenvalue weighted by Crippen LogP contribution is 2.47. The standard InChI is InChI=1S/C14H20O3S/c1-9-12-13(10(2)18-9)17-8-14(6-15,7-16-12)5-11-3-4-11/h11,15H,3-8H2,1-2H3. The summed E-state index contributed by atoms with van der Waals surface area (Å²) < 4.78 is 11.9. The molecule has 4 heteroatoms. The number of aliphatic hydroxyl groups excluding tert-OH is 1. The van der Waals surface area contributed by atoms with Crippen molar-refractivity contribution in [1.29, 1.82) is 0 Å². The molecule has 1 aliphatic carbocycles. The molecule has 0 atom stereocenters. The van der Waals surface area contributed by atoms with Crippen LogP contribution in [-0.2, 0) is 0 Å². The smallest absolute Gasteiger partial charge is 0.175 e. The van der Waals surface area contributed by atoms with Gasteiger partial charge in [-0.15, -0.1) is 11.3 Å². The van der Waals surface area contributed by atoms with E-state index < -0.39 is 0 Å². The maximum absolute atomic E-state index is 9.74. The van der Waals surface area contributed by atoms with E-state index in [9.17, 15) is 5.11 Å². The molecule has 0 aromatic carbocycles. The van der Waals surface area contributed by atoms with Crippen molar-refractivity contribution in [3.63, 3.8) is 0 Å². The zero-order chi connectivity index (χ0) is 12.8. The predicted octanol–water partition coefficient (Wildman–Crippen LogP) is 2.91. The van der Waals surface area contributed by atoms with Crippen LogP contribution in [0.4, 0.5) is 0 Å². The summed E-state index contributed by atoms with van der Waals surface area (Å²) in [5.41, 5.74) is -0.212. The molecule has 1 aromatic heterocycles. The molecule has 1 saturated carbocycles. The summed E-state index contributed by atoms with van der Waals surface area (Å²) >= 11 is 1.72. The third kappa shape index (κ3) is 2.12. The molecular weight excluding hydrogens is 248 g/mol. The van der Waals surface area contributed by atoms with Crippen LogP contribution in [0.1, 0.15) is 29.0 Å². The van der Waals surface area contributed by atoms with Gasteiger partial charge in [0, 0.05) is 9.75 Å². The van der Waals surface area contributed by atoms with Crippen LogP contribution < -0.4 is 9.47 Å². The molecule has 1 aliphatic heterocycles. The lowest BCUT2D eigenvalue weighted by atomic mass is 9.85. The largest absolute Gasteiger partial charge is 0.488 e. The minimum Gasteiger partial charge on any atom is -0.488 e. The molecule has 0 spiro atoms. The van der Waals surface area contributed by atoms with Gasteiger partial charge in [0.1, 0.15) is 0 Å². The quantitative estimate of drug-likeness (QED) is 0.916. The summed E-state index contributed by atoms with van der Waals surface area (Å²) in [5, 5.41) is 9.74. The molecule has 1 fully saturated rings. The summed E-state index contributed by atoms with van der Waals surface area (Å²) in [6.07, 6.45) is 3.61. The van der Waals surface area contributed by atoms with Gasteiger partial charge in [-0.25, -0.2) is 0 Å². The van der Waals surface area contributed by atoms with Crippen molar-refractivity contribution in [2.24, 2.45) is 11.3 Å². The van der Waals surface area contributed by atoms with Crippen molar-refractivity contribution in [2.45, 2.75) is 33.1 Å². The number of aryl methyl sites for hydroxylation is 2. The first kappa shape index (κ1) is 12.3. The highest BCUT2D eigenvalue weighted by atomic mass is 32.1. The van der Waals surface area contributed by atoms with Gasteiger partial charge in [0.2, 0.25) is 0 Å². The highest BCUT2D eigenvalue weighted by Gasteiger charge is 2.40. The number of aliphatic hydroxyl groups is 1. The maximum atomic E-state index is 9.74. The van der Waals surface area contributed by atoms with Crippen LogP contribution in [0.15, 0.2) is 0 Å². The summed E-state index contributed by atoms with van der Waals surface area (Å²) in [6, 6.07) is 0. The first-order valence-corrected chi connectivity index (χ1v) is 7.42. The molecule has 2 aliphatic rings. The maximum Gasteiger partial charge on any atom is 0.175 e. The Bertz CT molecular complexity index is 420. The monoisotopic (exact) mass is 268 g/mol. The van der Waals surface area contributed by atoms with E-state index in [0.717, 1.165) is 23.8 Å². The van der Waals surface area contributed by atoms with Crippen LogP contribution in [-0.4, -0.2) is 24.9 Å². The summed E-state index contributed by atoms with van der Waals surface area (Å²) in [7, 11) is 0. The minimum absolute atomic E-state index is 0.148. The van der Waals surface area contributed by atoms with E-state index in [4.69, 9.17) is 9.47 Å². The van der Waals surface area contributed by atoms with Gasteiger partial charge in [0.15, 0.2) is 11.5 Å². The highest BCUT2D eigenvalue weighted by molar-refractivity contribution is 7.12. The molecule has 0 bridgehead atoms. The Hall–Kier alpha value is -0.740. The average Bonchev–Trinajstić information content (AvgIpc) is 3.12. The summed E-state index contributed by atoms with van der Waals surface area (Å²) in [5.74, 6) is 2.55. The second-order valence-electron chi connectivity index (χ2n) is 5.76. The van der Waals surface area contributed by atoms with Gasteiger partial charge >= 0.3 is 0 Å². The number of fused-ring (bicyclic) bond motifs is 1. The molecule has 2 heterocycles. The third-order valence-electron chi connectivity index (χ3n) is 3.95. The van der Waals surface area contributed by atoms with Gasteiger partial charge in [-0.05, 0) is 26.2 Å². The average molecular weight is 268 g/mol. The molecule has 3 nitrogen and oxygen atoms in total. The van der Waals surface area contributed by atoms with Crippen LogP contribution in [0.5, 0.6) is 11.5 Å². The van der Waals surface area contributed by atoms with Crippen molar-refractivity contribution in [1.82, 2.24) is 0 Å². The predicted molar refractivity (Wildman–Crippen MR) is 71.6 cm³/mol. The fourth-order valence-electron chi connectivity index (χ4n) is 2.68. The lowest BCUT2D eigenvalue weighted by Crippen LogP contribution is -2.37. The minimum atomic E-state index is -0.212. The molecule has 18 heavy (non-hydrogen) atoms. The topological polar surface area (TPSA) is 38.7 Å². The number of rotatable bonds is 3. The van der Waals surface area contributed by atoms with Crippen molar-refractivity contribution >= 4 is 11.3 Å². The Kier molecular flexibility index (Phi) is 3.02. The fraction of sp³-hybridized carbons (Fsp3) is 0.714. The Labute approximate surface area is 112 Å². The molecule has 0 unspecified atom stereocenters. The molecule has 0 amide bonds. The summed E-state index contributed by atoms with van der Waals surface area (Å²) in [4.78, 5) is 2.34. The Morgan fingerprint density at radius 1 is 1.17 bits per heavy atom. The van der Waals surface area contributed by atoms with Gasteiger partial charge in [0.25, 0.3) is 0 Å². The van der Waals surface area contributed by atoms with Crippen LogP contribution >= 0.6 is 11.3 Å². The Balaban J connectivity index is 1.82. The van der Waals surface area contributed by atoms with E-state index in [1.165, 1.54) is 22.6 Å². The first-order valence-electron chi connectivity index (χ1n) is 6.60. The number of ether oxygens (including phenoxy) is 2. The second kappa shape index (κ2) is 4.42. The number of thiophene rings is 1. The lowest BCUT2D eigenvalue weighted by Gasteiger charge is -2.28. The second-order valence-corrected chi connectivity index (χ2v) is 7.18. The SMILES string of the molecule is Cc1sc(C)c2c1OCC(CO)(CC1CC1)CO2. The molecule has 0 radical (unpaired) electrons. The van der Waals surface area contributed by atoms with E-state index in [2.05, 4.69) is 13.8 Å². The van der Waals surface area contributed by atoms with Crippen LogP contribution in [0.2, 0.25) is 0 Å². The lowest BCUT2D eigenvalue weighted by molar-refractivity contribution is 0.0269. The van der Waals surface area contributed by atoms with E-state index in [1.807, 2.05) is 0 Å². The first-order chi connectivity index (χ1) is 8.63. The molecule has 100 valence electrons. The van der Waals surface area contributed by atoms with Gasteiger partial charge in [-0.2, -0.15) is 0 Å². The van der Waals surface area contributed by atoms with E-state index in [1.54, 1.807) is 11.3 Å². The molecular formula is C14H20O3S. The number of hydrogen-bond acceptors (Lipinski definition) is 4. The Morgan fingerprint density at radius 3 is 2.17 bits per heavy atom. The number of hydrogen-bond donors (Lipinski definition) is 1. The zero-order valence-electron chi connectivity index (χ0n) is 11.0. The van der Waals surface area contributed by atoms with Gasteiger partial charge < -0.3 is 14.6 Å². The van der Waals surface area contributed by atoms with Gasteiger partial charge in [-0.1, -0.05) is 12.8 Å². The van der Waals surface area contributed by atoms with E-state index in [0.29, 0.717) is 13.2 Å². The van der Waals surface area contributed by atoms with Crippen molar-refractivity contribution in [3.05, 3.63) is 9.75 Å². The normalized spacial score (nSPS) is 21.7. The van der Waals surface area contributed by atoms with Gasteiger partial charge in [0.05, 0.1) is 25.2 Å². The molecule has 3 rings (SSSR count). The Morgan fingerprint density at radius 2 is 1.72 bits per heavy atom.